The Kier molecular flexibility index (Phi) is 5.47. The first-order valence-corrected chi connectivity index (χ1v) is 9.81. The van der Waals surface area contributed by atoms with Crippen LogP contribution in [0.15, 0.2) is 72.8 Å². The van der Waals surface area contributed by atoms with Crippen LogP contribution < -0.4 is 4.74 Å². The number of ether oxygens (including phenoxy) is 1. The highest BCUT2D eigenvalue weighted by atomic mass is 16.5. The van der Waals surface area contributed by atoms with Crippen molar-refractivity contribution in [2.75, 3.05) is 27.3 Å². The predicted molar refractivity (Wildman–Crippen MR) is 114 cm³/mol. The zero-order valence-electron chi connectivity index (χ0n) is 16.5. The number of nitrogens with zero attached hydrogens (tertiary/aromatic N) is 1. The normalized spacial score (nSPS) is 17.8. The summed E-state index contributed by atoms with van der Waals surface area (Å²) in [4.78, 5) is 2.33. The molecule has 0 amide bonds. The second-order valence-corrected chi connectivity index (χ2v) is 7.65. The highest BCUT2D eigenvalue weighted by Crippen LogP contribution is 2.40. The van der Waals surface area contributed by atoms with Gasteiger partial charge in [-0.25, -0.2) is 0 Å². The minimum atomic E-state index is 0.0692. The number of fused-ring (bicyclic) bond motifs is 1. The summed E-state index contributed by atoms with van der Waals surface area (Å²) in [6.07, 6.45) is 0. The van der Waals surface area contributed by atoms with Gasteiger partial charge in [-0.2, -0.15) is 0 Å². The minimum Gasteiger partial charge on any atom is -0.497 e. The molecule has 0 saturated carbocycles. The van der Waals surface area contributed by atoms with E-state index in [0.717, 1.165) is 18.8 Å². The van der Waals surface area contributed by atoms with Gasteiger partial charge in [0.1, 0.15) is 5.75 Å². The van der Waals surface area contributed by atoms with Crippen LogP contribution in [0.4, 0.5) is 0 Å². The monoisotopic (exact) mass is 373 g/mol. The number of benzene rings is 3. The summed E-state index contributed by atoms with van der Waals surface area (Å²) in [6.45, 7) is 1.98. The molecule has 0 fully saturated rings. The first-order valence-electron chi connectivity index (χ1n) is 9.81. The summed E-state index contributed by atoms with van der Waals surface area (Å²) < 4.78 is 5.41. The van der Waals surface area contributed by atoms with Crippen molar-refractivity contribution in [3.8, 4) is 16.9 Å². The Morgan fingerprint density at radius 1 is 1.00 bits per heavy atom. The lowest BCUT2D eigenvalue weighted by atomic mass is 9.77. The van der Waals surface area contributed by atoms with Crippen molar-refractivity contribution in [2.45, 2.75) is 18.4 Å². The molecular weight excluding hydrogens is 346 g/mol. The molecule has 2 atom stereocenters. The number of hydrogen-bond donors (Lipinski definition) is 1. The van der Waals surface area contributed by atoms with Crippen molar-refractivity contribution < 1.29 is 9.84 Å². The molecule has 28 heavy (non-hydrogen) atoms. The van der Waals surface area contributed by atoms with Gasteiger partial charge in [-0.15, -0.1) is 0 Å². The maximum absolute atomic E-state index is 10.3. The van der Waals surface area contributed by atoms with Gasteiger partial charge in [-0.1, -0.05) is 60.7 Å². The summed E-state index contributed by atoms with van der Waals surface area (Å²) in [6, 6.07) is 25.4. The first-order chi connectivity index (χ1) is 13.7. The number of aliphatic hydroxyl groups is 1. The van der Waals surface area contributed by atoms with Crippen molar-refractivity contribution in [1.82, 2.24) is 4.90 Å². The maximum atomic E-state index is 10.3. The van der Waals surface area contributed by atoms with E-state index in [2.05, 4.69) is 72.6 Å². The fourth-order valence-corrected chi connectivity index (χ4v) is 4.36. The molecule has 4 rings (SSSR count). The van der Waals surface area contributed by atoms with Gasteiger partial charge < -0.3 is 14.7 Å². The Bertz CT molecular complexity index is 921. The van der Waals surface area contributed by atoms with E-state index in [1.54, 1.807) is 7.11 Å². The molecule has 3 heteroatoms. The van der Waals surface area contributed by atoms with Crippen LogP contribution in [0.2, 0.25) is 0 Å². The lowest BCUT2D eigenvalue weighted by Gasteiger charge is -2.36. The molecule has 1 heterocycles. The molecule has 3 aromatic rings. The lowest BCUT2D eigenvalue weighted by molar-refractivity contribution is 0.205. The number of methoxy groups -OCH3 is 1. The van der Waals surface area contributed by atoms with Gasteiger partial charge in [0.2, 0.25) is 0 Å². The van der Waals surface area contributed by atoms with Gasteiger partial charge in [-0.05, 0) is 47.0 Å². The molecule has 2 unspecified atom stereocenters. The SMILES string of the molecule is COc1ccc2c(c1)CN(C)CC2C(CO)c1ccc(-c2ccccc2)cc1. The van der Waals surface area contributed by atoms with Gasteiger partial charge in [0.25, 0.3) is 0 Å². The smallest absolute Gasteiger partial charge is 0.119 e. The van der Waals surface area contributed by atoms with E-state index in [9.17, 15) is 5.11 Å². The zero-order valence-corrected chi connectivity index (χ0v) is 16.5. The van der Waals surface area contributed by atoms with E-state index >= 15 is 0 Å². The molecule has 0 saturated heterocycles. The second kappa shape index (κ2) is 8.17. The molecule has 1 aliphatic heterocycles. The highest BCUT2D eigenvalue weighted by Gasteiger charge is 2.31. The Morgan fingerprint density at radius 2 is 1.71 bits per heavy atom. The zero-order chi connectivity index (χ0) is 19.5. The van der Waals surface area contributed by atoms with Crippen LogP contribution in [0.5, 0.6) is 5.75 Å². The number of likely N-dealkylation sites (N-methyl/N-ethyl adjacent to an activating group) is 1. The van der Waals surface area contributed by atoms with Gasteiger partial charge in [0.15, 0.2) is 0 Å². The summed E-state index contributed by atoms with van der Waals surface area (Å²) in [5.74, 6) is 1.22. The lowest BCUT2D eigenvalue weighted by Crippen LogP contribution is -2.34. The third-order valence-electron chi connectivity index (χ3n) is 5.83. The van der Waals surface area contributed by atoms with Crippen molar-refractivity contribution in [2.24, 2.45) is 0 Å². The minimum absolute atomic E-state index is 0.0692. The van der Waals surface area contributed by atoms with Crippen LogP contribution in [0, 0.1) is 0 Å². The Balaban J connectivity index is 1.66. The fourth-order valence-electron chi connectivity index (χ4n) is 4.36. The topological polar surface area (TPSA) is 32.7 Å². The molecule has 0 aliphatic carbocycles. The van der Waals surface area contributed by atoms with Gasteiger partial charge in [0.05, 0.1) is 13.7 Å². The van der Waals surface area contributed by atoms with Crippen molar-refractivity contribution in [3.05, 3.63) is 89.5 Å². The first kappa shape index (κ1) is 18.7. The molecular formula is C25H27NO2. The Morgan fingerprint density at radius 3 is 2.39 bits per heavy atom. The molecule has 1 aliphatic rings. The molecule has 1 N–H and O–H groups in total. The third-order valence-corrected chi connectivity index (χ3v) is 5.83. The van der Waals surface area contributed by atoms with Crippen LogP contribution in [-0.4, -0.2) is 37.3 Å². The van der Waals surface area contributed by atoms with Crippen LogP contribution in [0.25, 0.3) is 11.1 Å². The van der Waals surface area contributed by atoms with Crippen LogP contribution in [-0.2, 0) is 6.54 Å². The van der Waals surface area contributed by atoms with Gasteiger partial charge in [0, 0.05) is 24.9 Å². The van der Waals surface area contributed by atoms with Crippen LogP contribution in [0.1, 0.15) is 28.5 Å². The number of hydrogen-bond acceptors (Lipinski definition) is 3. The Hall–Kier alpha value is -2.62. The molecule has 144 valence electrons. The molecule has 3 aromatic carbocycles. The standard InChI is InChI=1S/C25H27NO2/c1-26-15-21-14-22(28-2)12-13-23(21)24(16-26)25(17-27)20-10-8-19(9-11-20)18-6-4-3-5-7-18/h3-14,24-25,27H,15-17H2,1-2H3. The Labute approximate surface area is 167 Å². The molecule has 3 nitrogen and oxygen atoms in total. The quantitative estimate of drug-likeness (QED) is 0.706. The molecule has 0 bridgehead atoms. The van der Waals surface area contributed by atoms with E-state index in [4.69, 9.17) is 4.74 Å². The van der Waals surface area contributed by atoms with E-state index in [-0.39, 0.29) is 18.4 Å². The predicted octanol–water partition coefficient (Wildman–Crippen LogP) is 4.67. The van der Waals surface area contributed by atoms with E-state index in [1.165, 1.54) is 27.8 Å². The number of aliphatic hydroxyl groups excluding tert-OH is 1. The number of rotatable bonds is 5. The molecule has 0 spiro atoms. The van der Waals surface area contributed by atoms with Gasteiger partial charge in [-0.3, -0.25) is 0 Å². The summed E-state index contributed by atoms with van der Waals surface area (Å²) >= 11 is 0. The maximum Gasteiger partial charge on any atom is 0.119 e. The summed E-state index contributed by atoms with van der Waals surface area (Å²) in [5, 5.41) is 10.3. The van der Waals surface area contributed by atoms with Crippen molar-refractivity contribution in [1.29, 1.82) is 0 Å². The van der Waals surface area contributed by atoms with E-state index < -0.39 is 0 Å². The molecule has 0 aromatic heterocycles. The van der Waals surface area contributed by atoms with E-state index in [1.807, 2.05) is 12.1 Å². The van der Waals surface area contributed by atoms with Gasteiger partial charge >= 0.3 is 0 Å². The van der Waals surface area contributed by atoms with Crippen LogP contribution >= 0.6 is 0 Å². The third kappa shape index (κ3) is 3.68. The average Bonchev–Trinajstić information content (AvgIpc) is 2.74. The largest absolute Gasteiger partial charge is 0.497 e. The average molecular weight is 373 g/mol. The van der Waals surface area contributed by atoms with Crippen molar-refractivity contribution in [3.63, 3.8) is 0 Å². The van der Waals surface area contributed by atoms with Crippen LogP contribution in [0.3, 0.4) is 0 Å². The van der Waals surface area contributed by atoms with Crippen molar-refractivity contribution >= 4 is 0 Å². The van der Waals surface area contributed by atoms with E-state index in [0.29, 0.717) is 0 Å². The molecule has 0 radical (unpaired) electrons. The second-order valence-electron chi connectivity index (χ2n) is 7.65. The summed E-state index contributed by atoms with van der Waals surface area (Å²) in [7, 11) is 3.85. The summed E-state index contributed by atoms with van der Waals surface area (Å²) in [5.41, 5.74) is 6.21. The highest BCUT2D eigenvalue weighted by molar-refractivity contribution is 5.63. The fraction of sp³-hybridized carbons (Fsp3) is 0.280.